The Hall–Kier alpha value is -4.82. The first-order valence-corrected chi connectivity index (χ1v) is 18.3. The Balaban J connectivity index is 0.000000221. The summed E-state index contributed by atoms with van der Waals surface area (Å²) in [4.78, 5) is 5.85. The lowest BCUT2D eigenvalue weighted by atomic mass is 9.72. The van der Waals surface area contributed by atoms with Gasteiger partial charge in [0.15, 0.2) is 11.2 Å². The Morgan fingerprint density at radius 1 is 0.552 bits per heavy atom. The van der Waals surface area contributed by atoms with Gasteiger partial charge in [0.05, 0.1) is 5.56 Å². The van der Waals surface area contributed by atoms with Gasteiger partial charge in [0.1, 0.15) is 5.82 Å². The lowest BCUT2D eigenvalue weighted by Gasteiger charge is -2.38. The van der Waals surface area contributed by atoms with Gasteiger partial charge >= 0.3 is 18.5 Å². The molecule has 4 aromatic carbocycles. The Labute approximate surface area is 328 Å². The first-order chi connectivity index (χ1) is 26.7. The Morgan fingerprint density at radius 3 is 1.66 bits per heavy atom. The second kappa shape index (κ2) is 15.7. The third-order valence-corrected chi connectivity index (χ3v) is 10.7. The Kier molecular flexibility index (Phi) is 12.0. The van der Waals surface area contributed by atoms with Gasteiger partial charge in [0.25, 0.3) is 0 Å². The van der Waals surface area contributed by atoms with E-state index in [1.807, 2.05) is 12.1 Å². The zero-order valence-electron chi connectivity index (χ0n) is 32.3. The number of hydrogen-bond acceptors (Lipinski definition) is 2. The standard InChI is InChI=1S/C22H21F6NO.C22H23F4NO/c1-19(2,16-8-4-5-9-17(16)21(23,24)25)13-20(30,22(26,27)28)12-15-11-14-7-3-6-10-18(14)29-15;1-14-17-9-4-5-10-18(17)27-19(14)12-21(28,22(24,25)26)13-20(2,3)15-7-6-8-16(23)11-15/h3-11,29-30H,12-13H2,1-2H3;4-11,27-28H,12-13H2,1-3H3. The highest BCUT2D eigenvalue weighted by Crippen LogP contribution is 2.47. The number of rotatable bonds is 10. The summed E-state index contributed by atoms with van der Waals surface area (Å²) in [6.07, 6.45) is -17.6. The molecule has 4 nitrogen and oxygen atoms in total. The quantitative estimate of drug-likeness (QED) is 0.104. The largest absolute Gasteiger partial charge is 0.417 e. The summed E-state index contributed by atoms with van der Waals surface area (Å²) in [5.41, 5.74) is -7.28. The minimum atomic E-state index is -5.05. The van der Waals surface area contributed by atoms with E-state index in [1.54, 1.807) is 63.2 Å². The molecule has 6 aromatic rings. The molecule has 2 unspecified atom stereocenters. The number of aliphatic hydroxyl groups is 2. The van der Waals surface area contributed by atoms with E-state index in [-0.39, 0.29) is 11.3 Å². The molecule has 6 rings (SSSR count). The number of H-pyrrole nitrogens is 2. The van der Waals surface area contributed by atoms with E-state index in [4.69, 9.17) is 0 Å². The van der Waals surface area contributed by atoms with Crippen molar-refractivity contribution < 1.29 is 54.1 Å². The summed E-state index contributed by atoms with van der Waals surface area (Å²) in [6.45, 7) is 7.45. The monoisotopic (exact) mass is 822 g/mol. The number of aromatic amines is 2. The van der Waals surface area contributed by atoms with Gasteiger partial charge in [0.2, 0.25) is 0 Å². The summed E-state index contributed by atoms with van der Waals surface area (Å²) >= 11 is 0. The molecule has 4 N–H and O–H groups in total. The smallest absolute Gasteiger partial charge is 0.380 e. The van der Waals surface area contributed by atoms with E-state index in [1.165, 1.54) is 50.2 Å². The highest BCUT2D eigenvalue weighted by atomic mass is 19.4. The van der Waals surface area contributed by atoms with Crippen LogP contribution in [0, 0.1) is 12.7 Å². The fraction of sp³-hybridized carbons (Fsp3) is 0.364. The number of fused-ring (bicyclic) bond motifs is 2. The molecule has 0 radical (unpaired) electrons. The van der Waals surface area contributed by atoms with E-state index >= 15 is 0 Å². The molecule has 58 heavy (non-hydrogen) atoms. The molecule has 0 aliphatic heterocycles. The van der Waals surface area contributed by atoms with Gasteiger partial charge in [-0.3, -0.25) is 0 Å². The first kappa shape index (κ1) is 44.3. The lowest BCUT2D eigenvalue weighted by molar-refractivity contribution is -0.266. The van der Waals surface area contributed by atoms with Crippen LogP contribution in [0.15, 0.2) is 103 Å². The molecule has 2 aromatic heterocycles. The van der Waals surface area contributed by atoms with Crippen LogP contribution < -0.4 is 0 Å². The van der Waals surface area contributed by atoms with Crippen molar-refractivity contribution in [2.75, 3.05) is 0 Å². The van der Waals surface area contributed by atoms with Crippen LogP contribution in [0.4, 0.5) is 43.9 Å². The van der Waals surface area contributed by atoms with E-state index in [0.717, 1.165) is 23.0 Å². The minimum absolute atomic E-state index is 0.149. The highest BCUT2D eigenvalue weighted by molar-refractivity contribution is 5.84. The number of alkyl halides is 9. The molecule has 2 atom stereocenters. The summed E-state index contributed by atoms with van der Waals surface area (Å²) in [5, 5.41) is 23.0. The lowest BCUT2D eigenvalue weighted by Crippen LogP contribution is -2.51. The topological polar surface area (TPSA) is 72.0 Å². The maximum Gasteiger partial charge on any atom is 0.417 e. The van der Waals surface area contributed by atoms with E-state index in [0.29, 0.717) is 27.7 Å². The molecule has 0 amide bonds. The Bertz CT molecular complexity index is 2320. The average Bonchev–Trinajstić information content (AvgIpc) is 3.66. The molecule has 0 aliphatic carbocycles. The number of nitrogens with one attached hydrogen (secondary N) is 2. The molecule has 0 saturated heterocycles. The zero-order chi connectivity index (χ0) is 43.1. The van der Waals surface area contributed by atoms with Crippen LogP contribution in [0.3, 0.4) is 0 Å². The number of para-hydroxylation sites is 2. The van der Waals surface area contributed by atoms with Crippen LogP contribution in [0.1, 0.15) is 74.2 Å². The predicted octanol–water partition coefficient (Wildman–Crippen LogP) is 12.2. The minimum Gasteiger partial charge on any atom is -0.380 e. The number of halogens is 10. The van der Waals surface area contributed by atoms with E-state index in [2.05, 4.69) is 9.97 Å². The Morgan fingerprint density at radius 2 is 1.09 bits per heavy atom. The van der Waals surface area contributed by atoms with Crippen molar-refractivity contribution in [1.82, 2.24) is 9.97 Å². The van der Waals surface area contributed by atoms with Crippen molar-refractivity contribution in [3.63, 3.8) is 0 Å². The molecule has 312 valence electrons. The van der Waals surface area contributed by atoms with Crippen molar-refractivity contribution >= 4 is 21.8 Å². The molecule has 2 heterocycles. The van der Waals surface area contributed by atoms with Crippen molar-refractivity contribution in [2.24, 2.45) is 0 Å². The molecule has 0 aliphatic rings. The zero-order valence-corrected chi connectivity index (χ0v) is 32.3. The van der Waals surface area contributed by atoms with Crippen LogP contribution in [0.5, 0.6) is 0 Å². The van der Waals surface area contributed by atoms with Crippen molar-refractivity contribution in [2.45, 2.75) is 101 Å². The summed E-state index contributed by atoms with van der Waals surface area (Å²) in [7, 11) is 0. The second-order valence-corrected chi connectivity index (χ2v) is 16.2. The molecule has 0 spiro atoms. The molecular formula is C44H44F10N2O2. The number of aromatic nitrogens is 2. The van der Waals surface area contributed by atoms with Gasteiger partial charge in [-0.25, -0.2) is 4.39 Å². The third kappa shape index (κ3) is 9.55. The molecule has 14 heteroatoms. The molecular weight excluding hydrogens is 778 g/mol. The predicted molar refractivity (Wildman–Crippen MR) is 204 cm³/mol. The SMILES string of the molecule is CC(C)(CC(O)(Cc1cc2ccccc2[nH]1)C(F)(F)F)c1ccccc1C(F)(F)F.Cc1c(CC(O)(CC(C)(C)c2cccc(F)c2)C(F)(F)F)[nH]c2ccccc12. The van der Waals surface area contributed by atoms with Crippen molar-refractivity contribution in [1.29, 1.82) is 0 Å². The van der Waals surface area contributed by atoms with Gasteiger partial charge in [-0.2, -0.15) is 39.5 Å². The number of benzene rings is 4. The fourth-order valence-electron chi connectivity index (χ4n) is 7.77. The fourth-order valence-corrected chi connectivity index (χ4v) is 7.77. The molecule has 0 fully saturated rings. The van der Waals surface area contributed by atoms with Crippen molar-refractivity contribution in [3.05, 3.63) is 143 Å². The average molecular weight is 823 g/mol. The highest BCUT2D eigenvalue weighted by Gasteiger charge is 2.57. The van der Waals surface area contributed by atoms with Gasteiger partial charge in [-0.05, 0) is 89.1 Å². The van der Waals surface area contributed by atoms with Gasteiger partial charge < -0.3 is 20.2 Å². The normalized spacial score (nSPS) is 15.2. The number of aryl methyl sites for hydroxylation is 1. The summed E-state index contributed by atoms with van der Waals surface area (Å²) in [5.74, 6) is -0.521. The molecule has 0 saturated carbocycles. The van der Waals surface area contributed by atoms with Gasteiger partial charge in [0, 0.05) is 40.6 Å². The summed E-state index contributed by atoms with van der Waals surface area (Å²) in [6, 6.07) is 25.6. The second-order valence-electron chi connectivity index (χ2n) is 16.2. The van der Waals surface area contributed by atoms with Crippen molar-refractivity contribution in [3.8, 4) is 0 Å². The molecule has 0 bridgehead atoms. The van der Waals surface area contributed by atoms with Gasteiger partial charge in [-0.1, -0.05) is 94.4 Å². The number of hydrogen-bond donors (Lipinski definition) is 4. The van der Waals surface area contributed by atoms with Crippen LogP contribution in [0.2, 0.25) is 0 Å². The van der Waals surface area contributed by atoms with E-state index in [9.17, 15) is 54.1 Å². The van der Waals surface area contributed by atoms with Gasteiger partial charge in [-0.15, -0.1) is 0 Å². The maximum atomic E-state index is 14.0. The van der Waals surface area contributed by atoms with Crippen LogP contribution in [-0.4, -0.2) is 43.7 Å². The van der Waals surface area contributed by atoms with Crippen LogP contribution >= 0.6 is 0 Å². The maximum absolute atomic E-state index is 14.0. The van der Waals surface area contributed by atoms with E-state index < -0.39 is 77.6 Å². The third-order valence-electron chi connectivity index (χ3n) is 10.7. The first-order valence-electron chi connectivity index (χ1n) is 18.3. The summed E-state index contributed by atoms with van der Waals surface area (Å²) < 4.78 is 138. The van der Waals surface area contributed by atoms with Crippen LogP contribution in [0.25, 0.3) is 21.8 Å². The van der Waals surface area contributed by atoms with Crippen LogP contribution in [-0.2, 0) is 29.8 Å².